The van der Waals surface area contributed by atoms with Crippen molar-refractivity contribution >= 4 is 0 Å². The molecule has 1 unspecified atom stereocenters. The van der Waals surface area contributed by atoms with Crippen LogP contribution in [0.4, 0.5) is 0 Å². The third kappa shape index (κ3) is 4.88. The van der Waals surface area contributed by atoms with Crippen LogP contribution in [0.5, 0.6) is 0 Å². The highest BCUT2D eigenvalue weighted by atomic mass is 16.3. The van der Waals surface area contributed by atoms with Gasteiger partial charge in [0.1, 0.15) is 0 Å². The van der Waals surface area contributed by atoms with E-state index in [1.54, 1.807) is 0 Å². The number of nitrogens with one attached hydrogen (secondary N) is 1. The van der Waals surface area contributed by atoms with Crippen molar-refractivity contribution in [3.05, 3.63) is 35.4 Å². The smallest absolute Gasteiger partial charge is 0.0672 e. The first-order valence-corrected chi connectivity index (χ1v) is 6.40. The second-order valence-corrected chi connectivity index (χ2v) is 5.42. The van der Waals surface area contributed by atoms with Crippen LogP contribution in [-0.2, 0) is 6.42 Å². The van der Waals surface area contributed by atoms with Gasteiger partial charge in [0.05, 0.1) is 5.60 Å². The fourth-order valence-electron chi connectivity index (χ4n) is 1.94. The summed E-state index contributed by atoms with van der Waals surface area (Å²) in [5.41, 5.74) is 1.93. The van der Waals surface area contributed by atoms with Crippen molar-refractivity contribution in [2.75, 3.05) is 13.6 Å². The summed E-state index contributed by atoms with van der Waals surface area (Å²) in [6, 6.07) is 8.58. The lowest BCUT2D eigenvalue weighted by Gasteiger charge is -2.23. The van der Waals surface area contributed by atoms with Gasteiger partial charge in [-0.25, -0.2) is 0 Å². The molecule has 1 aromatic rings. The van der Waals surface area contributed by atoms with E-state index in [2.05, 4.69) is 43.4 Å². The molecule has 1 aromatic carbocycles. The van der Waals surface area contributed by atoms with E-state index in [-0.39, 0.29) is 0 Å². The Balaban J connectivity index is 2.62. The molecular weight excluding hydrogens is 210 g/mol. The lowest BCUT2D eigenvalue weighted by Crippen LogP contribution is -2.31. The van der Waals surface area contributed by atoms with Crippen molar-refractivity contribution in [2.24, 2.45) is 0 Å². The highest BCUT2D eigenvalue weighted by Gasteiger charge is 2.20. The molecule has 1 rings (SSSR count). The molecule has 2 nitrogen and oxygen atoms in total. The van der Waals surface area contributed by atoms with E-state index in [0.717, 1.165) is 13.0 Å². The summed E-state index contributed by atoms with van der Waals surface area (Å²) >= 11 is 0. The Hall–Kier alpha value is -0.860. The van der Waals surface area contributed by atoms with Crippen LogP contribution >= 0.6 is 0 Å². The van der Waals surface area contributed by atoms with Crippen LogP contribution in [0.25, 0.3) is 0 Å². The van der Waals surface area contributed by atoms with Crippen LogP contribution in [-0.4, -0.2) is 24.3 Å². The topological polar surface area (TPSA) is 32.3 Å². The van der Waals surface area contributed by atoms with Gasteiger partial charge in [-0.3, -0.25) is 0 Å². The molecule has 96 valence electrons. The average Bonchev–Trinajstić information content (AvgIpc) is 2.26. The lowest BCUT2D eigenvalue weighted by molar-refractivity contribution is 0.0520. The molecule has 2 heteroatoms. The van der Waals surface area contributed by atoms with Crippen LogP contribution < -0.4 is 5.32 Å². The Morgan fingerprint density at radius 3 is 2.29 bits per heavy atom. The second kappa shape index (κ2) is 6.18. The lowest BCUT2D eigenvalue weighted by atomic mass is 9.92. The second-order valence-electron chi connectivity index (χ2n) is 5.42. The Bertz CT molecular complexity index is 327. The molecule has 17 heavy (non-hydrogen) atoms. The fourth-order valence-corrected chi connectivity index (χ4v) is 1.94. The van der Waals surface area contributed by atoms with Crippen LogP contribution in [0.2, 0.25) is 0 Å². The van der Waals surface area contributed by atoms with Crippen molar-refractivity contribution in [2.45, 2.75) is 45.1 Å². The van der Waals surface area contributed by atoms with Gasteiger partial charge < -0.3 is 10.4 Å². The first-order chi connectivity index (χ1) is 7.94. The van der Waals surface area contributed by atoms with E-state index in [0.29, 0.717) is 12.3 Å². The highest BCUT2D eigenvalue weighted by molar-refractivity contribution is 5.25. The summed E-state index contributed by atoms with van der Waals surface area (Å²) in [7, 11) is 1.91. The molecule has 0 fully saturated rings. The van der Waals surface area contributed by atoms with Crippen LogP contribution in [0.15, 0.2) is 24.3 Å². The van der Waals surface area contributed by atoms with E-state index in [9.17, 15) is 5.11 Å². The minimum atomic E-state index is -0.623. The van der Waals surface area contributed by atoms with Gasteiger partial charge in [0.25, 0.3) is 0 Å². The van der Waals surface area contributed by atoms with E-state index in [4.69, 9.17) is 0 Å². The maximum absolute atomic E-state index is 10.2. The van der Waals surface area contributed by atoms with Gasteiger partial charge in [0.15, 0.2) is 0 Å². The third-order valence-electron chi connectivity index (χ3n) is 3.14. The van der Waals surface area contributed by atoms with Gasteiger partial charge in [-0.1, -0.05) is 38.1 Å². The Labute approximate surface area is 105 Å². The number of hydrogen-bond acceptors (Lipinski definition) is 2. The predicted molar refractivity (Wildman–Crippen MR) is 73.4 cm³/mol. The summed E-state index contributed by atoms with van der Waals surface area (Å²) in [6.07, 6.45) is 1.49. The van der Waals surface area contributed by atoms with Gasteiger partial charge in [-0.05, 0) is 44.0 Å². The zero-order chi connectivity index (χ0) is 12.9. The monoisotopic (exact) mass is 235 g/mol. The Morgan fingerprint density at radius 2 is 1.82 bits per heavy atom. The van der Waals surface area contributed by atoms with Crippen LogP contribution in [0.1, 0.15) is 44.2 Å². The minimum Gasteiger partial charge on any atom is -0.390 e. The van der Waals surface area contributed by atoms with Crippen molar-refractivity contribution in [1.29, 1.82) is 0 Å². The molecule has 0 radical (unpaired) electrons. The summed E-state index contributed by atoms with van der Waals surface area (Å²) in [6.45, 7) is 7.13. The number of hydrogen-bond donors (Lipinski definition) is 2. The normalized spacial score (nSPS) is 14.9. The third-order valence-corrected chi connectivity index (χ3v) is 3.14. The van der Waals surface area contributed by atoms with E-state index < -0.39 is 5.60 Å². The largest absolute Gasteiger partial charge is 0.390 e. The van der Waals surface area contributed by atoms with Crippen LogP contribution in [0, 0.1) is 0 Å². The summed E-state index contributed by atoms with van der Waals surface area (Å²) in [4.78, 5) is 0. The molecule has 0 heterocycles. The van der Waals surface area contributed by atoms with Crippen molar-refractivity contribution in [3.63, 3.8) is 0 Å². The molecule has 0 amide bonds. The van der Waals surface area contributed by atoms with E-state index in [1.165, 1.54) is 11.1 Å². The van der Waals surface area contributed by atoms with Crippen molar-refractivity contribution < 1.29 is 5.11 Å². The average molecular weight is 235 g/mol. The Kier molecular flexibility index (Phi) is 5.16. The SMILES string of the molecule is CNCCC(C)(O)Cc1ccc(C(C)C)cc1. The molecule has 0 saturated heterocycles. The van der Waals surface area contributed by atoms with Gasteiger partial charge in [0.2, 0.25) is 0 Å². The molecule has 0 saturated carbocycles. The maximum Gasteiger partial charge on any atom is 0.0672 e. The number of benzene rings is 1. The molecule has 1 atom stereocenters. The molecule has 0 spiro atoms. The molecule has 0 aromatic heterocycles. The molecule has 0 bridgehead atoms. The van der Waals surface area contributed by atoms with Crippen molar-refractivity contribution in [3.8, 4) is 0 Å². The predicted octanol–water partition coefficient (Wildman–Crippen LogP) is 2.71. The molecule has 0 aliphatic heterocycles. The highest BCUT2D eigenvalue weighted by Crippen LogP contribution is 2.19. The molecule has 2 N–H and O–H groups in total. The van der Waals surface area contributed by atoms with Crippen molar-refractivity contribution in [1.82, 2.24) is 5.32 Å². The zero-order valence-corrected chi connectivity index (χ0v) is 11.5. The number of aliphatic hydroxyl groups is 1. The minimum absolute atomic E-state index is 0.564. The molecule has 0 aliphatic carbocycles. The standard InChI is InChI=1S/C15H25NO/c1-12(2)14-7-5-13(6-8-14)11-15(3,17)9-10-16-4/h5-8,12,16-17H,9-11H2,1-4H3. The summed E-state index contributed by atoms with van der Waals surface area (Å²) in [5.74, 6) is 0.564. The molecule has 0 aliphatic rings. The van der Waals surface area contributed by atoms with E-state index in [1.807, 2.05) is 14.0 Å². The summed E-state index contributed by atoms with van der Waals surface area (Å²) < 4.78 is 0. The van der Waals surface area contributed by atoms with Gasteiger partial charge in [0, 0.05) is 6.42 Å². The van der Waals surface area contributed by atoms with Gasteiger partial charge >= 0.3 is 0 Å². The van der Waals surface area contributed by atoms with Gasteiger partial charge in [-0.2, -0.15) is 0 Å². The molecular formula is C15H25NO. The first kappa shape index (κ1) is 14.2. The zero-order valence-electron chi connectivity index (χ0n) is 11.5. The Morgan fingerprint density at radius 1 is 1.24 bits per heavy atom. The quantitative estimate of drug-likeness (QED) is 0.794. The number of rotatable bonds is 6. The van der Waals surface area contributed by atoms with Crippen LogP contribution in [0.3, 0.4) is 0 Å². The van der Waals surface area contributed by atoms with E-state index >= 15 is 0 Å². The maximum atomic E-state index is 10.2. The first-order valence-electron chi connectivity index (χ1n) is 6.40. The fraction of sp³-hybridized carbons (Fsp3) is 0.600. The van der Waals surface area contributed by atoms with Gasteiger partial charge in [-0.15, -0.1) is 0 Å². The summed E-state index contributed by atoms with van der Waals surface area (Å²) in [5, 5.41) is 13.3.